The van der Waals surface area contributed by atoms with Crippen molar-refractivity contribution >= 4 is 29.1 Å². The van der Waals surface area contributed by atoms with Gasteiger partial charge in [-0.2, -0.15) is 0 Å². The van der Waals surface area contributed by atoms with Gasteiger partial charge in [0, 0.05) is 17.8 Å². The summed E-state index contributed by atoms with van der Waals surface area (Å²) in [6.07, 6.45) is 1.49. The van der Waals surface area contributed by atoms with E-state index in [1.807, 2.05) is 6.07 Å². The van der Waals surface area contributed by atoms with E-state index in [2.05, 4.69) is 20.9 Å². The van der Waals surface area contributed by atoms with Crippen LogP contribution in [0.25, 0.3) is 5.69 Å². The van der Waals surface area contributed by atoms with Gasteiger partial charge in [0.2, 0.25) is 0 Å². The number of carbonyl (C=O) groups is 2. The first-order valence-corrected chi connectivity index (χ1v) is 9.99. The van der Waals surface area contributed by atoms with E-state index in [9.17, 15) is 14.0 Å². The predicted molar refractivity (Wildman–Crippen MR) is 118 cm³/mol. The Kier molecular flexibility index (Phi) is 6.23. The first-order valence-electron chi connectivity index (χ1n) is 9.61. The van der Waals surface area contributed by atoms with Gasteiger partial charge in [-0.15, -0.1) is 5.10 Å². The van der Waals surface area contributed by atoms with E-state index in [1.54, 1.807) is 42.5 Å². The minimum atomic E-state index is -0.486. The van der Waals surface area contributed by atoms with Crippen molar-refractivity contribution in [3.05, 3.63) is 107 Å². The molecule has 9 heteroatoms. The number of nitrogens with one attached hydrogen (secondary N) is 2. The van der Waals surface area contributed by atoms with Crippen LogP contribution in [0.4, 0.5) is 10.1 Å². The van der Waals surface area contributed by atoms with E-state index in [1.165, 1.54) is 29.1 Å². The number of anilines is 1. The van der Waals surface area contributed by atoms with Crippen molar-refractivity contribution < 1.29 is 14.0 Å². The van der Waals surface area contributed by atoms with Crippen LogP contribution in [-0.4, -0.2) is 26.8 Å². The summed E-state index contributed by atoms with van der Waals surface area (Å²) in [4.78, 5) is 24.8. The number of amides is 2. The minimum Gasteiger partial charge on any atom is -0.347 e. The van der Waals surface area contributed by atoms with Crippen LogP contribution in [0.3, 0.4) is 0 Å². The molecular formula is C23H17ClFN5O2. The summed E-state index contributed by atoms with van der Waals surface area (Å²) in [7, 11) is 0. The third-order valence-corrected chi connectivity index (χ3v) is 4.87. The summed E-state index contributed by atoms with van der Waals surface area (Å²) in [5.74, 6) is -1.32. The second-order valence-electron chi connectivity index (χ2n) is 6.85. The highest BCUT2D eigenvalue weighted by Gasteiger charge is 2.13. The molecule has 0 fully saturated rings. The summed E-state index contributed by atoms with van der Waals surface area (Å²) < 4.78 is 14.8. The Bertz CT molecular complexity index is 1290. The maximum Gasteiger partial charge on any atom is 0.273 e. The Labute approximate surface area is 187 Å². The zero-order valence-corrected chi connectivity index (χ0v) is 17.4. The molecule has 0 atom stereocenters. The van der Waals surface area contributed by atoms with Gasteiger partial charge in [0.15, 0.2) is 5.69 Å². The average Bonchev–Trinajstić information content (AvgIpc) is 3.28. The molecule has 2 amide bonds. The molecule has 3 aromatic carbocycles. The summed E-state index contributed by atoms with van der Waals surface area (Å²) in [6.45, 7) is 0.210. The van der Waals surface area contributed by atoms with Crippen molar-refractivity contribution in [2.24, 2.45) is 0 Å². The molecule has 4 aromatic rings. The van der Waals surface area contributed by atoms with Crippen molar-refractivity contribution in [2.75, 3.05) is 5.32 Å². The van der Waals surface area contributed by atoms with Gasteiger partial charge < -0.3 is 10.6 Å². The quantitative estimate of drug-likeness (QED) is 0.460. The Balaban J connectivity index is 1.39. The normalized spacial score (nSPS) is 10.6. The minimum absolute atomic E-state index is 0.139. The smallest absolute Gasteiger partial charge is 0.273 e. The van der Waals surface area contributed by atoms with Crippen LogP contribution in [-0.2, 0) is 6.54 Å². The van der Waals surface area contributed by atoms with Crippen LogP contribution in [0.15, 0.2) is 79.0 Å². The fourth-order valence-electron chi connectivity index (χ4n) is 2.99. The van der Waals surface area contributed by atoms with Crippen LogP contribution in [0.1, 0.15) is 26.4 Å². The van der Waals surface area contributed by atoms with E-state index in [4.69, 9.17) is 11.6 Å². The molecule has 0 aliphatic heterocycles. The summed E-state index contributed by atoms with van der Waals surface area (Å²) in [5, 5.41) is 13.8. The molecule has 0 aliphatic carbocycles. The molecule has 0 unspecified atom stereocenters. The van der Waals surface area contributed by atoms with Crippen LogP contribution in [0, 0.1) is 5.82 Å². The summed E-state index contributed by atoms with van der Waals surface area (Å²) in [6, 6.07) is 19.5. The Morgan fingerprint density at radius 2 is 1.78 bits per heavy atom. The molecule has 4 rings (SSSR count). The molecule has 0 aliphatic rings. The number of aromatic nitrogens is 3. The molecule has 0 saturated heterocycles. The van der Waals surface area contributed by atoms with Gasteiger partial charge in [-0.05, 0) is 48.0 Å². The van der Waals surface area contributed by atoms with Gasteiger partial charge in [-0.3, -0.25) is 9.59 Å². The van der Waals surface area contributed by atoms with Gasteiger partial charge in [0.05, 0.1) is 16.9 Å². The molecule has 0 bridgehead atoms. The van der Waals surface area contributed by atoms with Crippen LogP contribution in [0.5, 0.6) is 0 Å². The number of nitrogens with zero attached hydrogens (tertiary/aromatic N) is 3. The number of hydrogen-bond donors (Lipinski definition) is 2. The second kappa shape index (κ2) is 9.40. The van der Waals surface area contributed by atoms with Crippen LogP contribution >= 0.6 is 11.6 Å². The SMILES string of the molecule is O=C(Nc1cccc(CNC(=O)c2cn(-c3ccccc3Cl)nn2)c1)c1cccc(F)c1. The van der Waals surface area contributed by atoms with E-state index < -0.39 is 17.6 Å². The zero-order valence-electron chi connectivity index (χ0n) is 16.6. The predicted octanol–water partition coefficient (Wildman–Crippen LogP) is 4.24. The summed E-state index contributed by atoms with van der Waals surface area (Å²) in [5.41, 5.74) is 2.25. The van der Waals surface area contributed by atoms with E-state index >= 15 is 0 Å². The van der Waals surface area contributed by atoms with E-state index in [0.717, 1.165) is 11.6 Å². The highest BCUT2D eigenvalue weighted by Crippen LogP contribution is 2.19. The highest BCUT2D eigenvalue weighted by molar-refractivity contribution is 6.32. The van der Waals surface area contributed by atoms with Crippen molar-refractivity contribution in [3.8, 4) is 5.69 Å². The molecule has 32 heavy (non-hydrogen) atoms. The number of carbonyl (C=O) groups excluding carboxylic acids is 2. The maximum absolute atomic E-state index is 13.3. The Morgan fingerprint density at radius 1 is 0.969 bits per heavy atom. The van der Waals surface area contributed by atoms with Crippen LogP contribution < -0.4 is 10.6 Å². The number of rotatable bonds is 6. The fraction of sp³-hybridized carbons (Fsp3) is 0.0435. The lowest BCUT2D eigenvalue weighted by Crippen LogP contribution is -2.23. The molecular weight excluding hydrogens is 433 g/mol. The Morgan fingerprint density at radius 3 is 2.59 bits per heavy atom. The van der Waals surface area contributed by atoms with Gasteiger partial charge in [-0.1, -0.05) is 47.1 Å². The lowest BCUT2D eigenvalue weighted by Gasteiger charge is -2.08. The molecule has 0 radical (unpaired) electrons. The topological polar surface area (TPSA) is 88.9 Å². The first-order chi connectivity index (χ1) is 15.5. The van der Waals surface area contributed by atoms with Crippen LogP contribution in [0.2, 0.25) is 5.02 Å². The average molecular weight is 450 g/mol. The van der Waals surface area contributed by atoms with Crippen molar-refractivity contribution in [1.29, 1.82) is 0 Å². The van der Waals surface area contributed by atoms with Gasteiger partial charge in [0.1, 0.15) is 5.82 Å². The van der Waals surface area contributed by atoms with Gasteiger partial charge >= 0.3 is 0 Å². The standard InChI is InChI=1S/C23H17ClFN5O2/c24-19-9-1-2-10-21(19)30-14-20(28-29-30)23(32)26-13-15-5-3-8-18(11-15)27-22(31)16-6-4-7-17(25)12-16/h1-12,14H,13H2,(H,26,32)(H,27,31). The van der Waals surface area contributed by atoms with Crippen molar-refractivity contribution in [2.45, 2.75) is 6.54 Å². The van der Waals surface area contributed by atoms with E-state index in [0.29, 0.717) is 16.4 Å². The molecule has 2 N–H and O–H groups in total. The van der Waals surface area contributed by atoms with Gasteiger partial charge in [-0.25, -0.2) is 9.07 Å². The molecule has 0 spiro atoms. The molecule has 1 heterocycles. The molecule has 0 saturated carbocycles. The molecule has 7 nitrogen and oxygen atoms in total. The largest absolute Gasteiger partial charge is 0.347 e. The van der Waals surface area contributed by atoms with E-state index in [-0.39, 0.29) is 17.8 Å². The maximum atomic E-state index is 13.3. The third kappa shape index (κ3) is 4.98. The third-order valence-electron chi connectivity index (χ3n) is 4.55. The fourth-order valence-corrected chi connectivity index (χ4v) is 3.21. The highest BCUT2D eigenvalue weighted by atomic mass is 35.5. The van der Waals surface area contributed by atoms with Gasteiger partial charge in [0.25, 0.3) is 11.8 Å². The molecule has 1 aromatic heterocycles. The number of para-hydroxylation sites is 1. The second-order valence-corrected chi connectivity index (χ2v) is 7.25. The van der Waals surface area contributed by atoms with Crippen molar-refractivity contribution in [3.63, 3.8) is 0 Å². The number of hydrogen-bond acceptors (Lipinski definition) is 4. The first kappa shape index (κ1) is 21.2. The molecule has 160 valence electrons. The number of halogens is 2. The summed E-state index contributed by atoms with van der Waals surface area (Å²) >= 11 is 6.15. The monoisotopic (exact) mass is 449 g/mol. The number of benzene rings is 3. The lowest BCUT2D eigenvalue weighted by molar-refractivity contribution is 0.0945. The Hall–Kier alpha value is -4.04. The lowest BCUT2D eigenvalue weighted by atomic mass is 10.1. The van der Waals surface area contributed by atoms with Crippen molar-refractivity contribution in [1.82, 2.24) is 20.3 Å². The zero-order chi connectivity index (χ0) is 22.5.